The van der Waals surface area contributed by atoms with Gasteiger partial charge in [0.05, 0.1) is 17.4 Å². The van der Waals surface area contributed by atoms with Crippen LogP contribution >= 0.6 is 0 Å². The van der Waals surface area contributed by atoms with Gasteiger partial charge in [0.15, 0.2) is 5.78 Å². The fourth-order valence-electron chi connectivity index (χ4n) is 4.17. The molecule has 2 heterocycles. The number of fused-ring (bicyclic) bond motifs is 1. The van der Waals surface area contributed by atoms with Crippen LogP contribution < -0.4 is 16.7 Å². The van der Waals surface area contributed by atoms with Gasteiger partial charge in [0.2, 0.25) is 0 Å². The SMILES string of the molecule is O=C(C1=CNN(C(=O)c2ccc(F)c(Cn3c(=O)[nH]c(=O)c4c(F)cccc43)c2)C=C1)C1CCC1. The third kappa shape index (κ3) is 4.07. The van der Waals surface area contributed by atoms with Gasteiger partial charge < -0.3 is 0 Å². The van der Waals surface area contributed by atoms with Crippen molar-refractivity contribution in [1.29, 1.82) is 0 Å². The maximum Gasteiger partial charge on any atom is 0.329 e. The molecule has 1 aliphatic heterocycles. The molecule has 0 spiro atoms. The molecule has 0 bridgehead atoms. The van der Waals surface area contributed by atoms with E-state index in [2.05, 4.69) is 5.43 Å². The number of hydrogen-bond donors (Lipinski definition) is 2. The van der Waals surface area contributed by atoms with Crippen molar-refractivity contribution in [2.75, 3.05) is 0 Å². The van der Waals surface area contributed by atoms with Gasteiger partial charge in [-0.25, -0.2) is 18.6 Å². The van der Waals surface area contributed by atoms with Crippen LogP contribution in [0.3, 0.4) is 0 Å². The number of ketones is 1. The van der Waals surface area contributed by atoms with Crippen molar-refractivity contribution in [3.05, 3.63) is 104 Å². The number of amides is 1. The van der Waals surface area contributed by atoms with Crippen LogP contribution in [0.15, 0.2) is 70.0 Å². The number of rotatable bonds is 5. The van der Waals surface area contributed by atoms with Crippen LogP contribution in [0.4, 0.5) is 8.78 Å². The van der Waals surface area contributed by atoms with Crippen molar-refractivity contribution in [2.45, 2.75) is 25.8 Å². The first-order chi connectivity index (χ1) is 16.8. The summed E-state index contributed by atoms with van der Waals surface area (Å²) in [7, 11) is 0. The second kappa shape index (κ2) is 8.79. The third-order valence-electron chi connectivity index (χ3n) is 6.34. The van der Waals surface area contributed by atoms with Gasteiger partial charge in [-0.2, -0.15) is 0 Å². The molecule has 10 heteroatoms. The Hall–Kier alpha value is -4.34. The average molecular weight is 478 g/mol. The normalized spacial score (nSPS) is 15.5. The summed E-state index contributed by atoms with van der Waals surface area (Å²) in [4.78, 5) is 51.9. The maximum atomic E-state index is 14.6. The molecule has 1 aliphatic carbocycles. The van der Waals surface area contributed by atoms with Gasteiger partial charge in [-0.1, -0.05) is 12.5 Å². The van der Waals surface area contributed by atoms with E-state index in [1.54, 1.807) is 6.08 Å². The van der Waals surface area contributed by atoms with Gasteiger partial charge in [0, 0.05) is 35.0 Å². The van der Waals surface area contributed by atoms with E-state index in [0.29, 0.717) is 5.57 Å². The van der Waals surface area contributed by atoms with Crippen molar-refractivity contribution in [3.8, 4) is 0 Å². The molecule has 0 radical (unpaired) electrons. The zero-order valence-corrected chi connectivity index (χ0v) is 18.4. The number of nitrogens with one attached hydrogen (secondary N) is 2. The summed E-state index contributed by atoms with van der Waals surface area (Å²) in [6, 6.07) is 7.49. The van der Waals surface area contributed by atoms with E-state index in [0.717, 1.165) is 41.0 Å². The fraction of sp³-hybridized carbons (Fsp3) is 0.200. The van der Waals surface area contributed by atoms with Crippen LogP contribution in [-0.2, 0) is 11.3 Å². The third-order valence-corrected chi connectivity index (χ3v) is 6.34. The average Bonchev–Trinajstić information content (AvgIpc) is 2.81. The summed E-state index contributed by atoms with van der Waals surface area (Å²) in [6.45, 7) is -0.342. The highest BCUT2D eigenvalue weighted by Gasteiger charge is 2.28. The molecule has 0 atom stereocenters. The van der Waals surface area contributed by atoms with Crippen molar-refractivity contribution < 1.29 is 18.4 Å². The molecule has 2 aliphatic rings. The Morgan fingerprint density at radius 2 is 1.86 bits per heavy atom. The minimum atomic E-state index is -0.880. The number of carbonyl (C=O) groups is 2. The van der Waals surface area contributed by atoms with Crippen molar-refractivity contribution in [2.24, 2.45) is 5.92 Å². The van der Waals surface area contributed by atoms with E-state index in [1.165, 1.54) is 36.7 Å². The largest absolute Gasteiger partial charge is 0.329 e. The van der Waals surface area contributed by atoms with Gasteiger partial charge in [-0.05, 0) is 49.2 Å². The first-order valence-electron chi connectivity index (χ1n) is 11.1. The van der Waals surface area contributed by atoms with Gasteiger partial charge in [0.25, 0.3) is 11.5 Å². The zero-order chi connectivity index (χ0) is 24.7. The molecule has 3 aromatic rings. The number of carbonyl (C=O) groups excluding carboxylic acids is 2. The molecule has 0 unspecified atom stereocenters. The quantitative estimate of drug-likeness (QED) is 0.587. The number of allylic oxidation sites excluding steroid dienone is 2. The minimum Gasteiger partial charge on any atom is -0.298 e. The highest BCUT2D eigenvalue weighted by Crippen LogP contribution is 2.30. The van der Waals surface area contributed by atoms with Crippen molar-refractivity contribution >= 4 is 22.6 Å². The molecule has 0 saturated heterocycles. The Morgan fingerprint density at radius 3 is 2.54 bits per heavy atom. The first kappa shape index (κ1) is 22.5. The highest BCUT2D eigenvalue weighted by atomic mass is 19.1. The molecule has 8 nitrogen and oxygen atoms in total. The lowest BCUT2D eigenvalue weighted by Crippen LogP contribution is -2.38. The Bertz CT molecular complexity index is 1550. The highest BCUT2D eigenvalue weighted by molar-refractivity contribution is 6.01. The molecule has 5 rings (SSSR count). The zero-order valence-electron chi connectivity index (χ0n) is 18.4. The Morgan fingerprint density at radius 1 is 1.06 bits per heavy atom. The molecule has 2 aromatic carbocycles. The van der Waals surface area contributed by atoms with Gasteiger partial charge >= 0.3 is 5.69 Å². The second-order valence-electron chi connectivity index (χ2n) is 8.50. The summed E-state index contributed by atoms with van der Waals surface area (Å²) in [5.41, 5.74) is 1.65. The number of H-pyrrole nitrogens is 1. The lowest BCUT2D eigenvalue weighted by Gasteiger charge is -2.27. The molecule has 1 aromatic heterocycles. The summed E-state index contributed by atoms with van der Waals surface area (Å²) >= 11 is 0. The second-order valence-corrected chi connectivity index (χ2v) is 8.50. The molecule has 1 saturated carbocycles. The number of aromatic nitrogens is 2. The minimum absolute atomic E-state index is 0.00399. The predicted molar refractivity (Wildman–Crippen MR) is 123 cm³/mol. The van der Waals surface area contributed by atoms with Crippen LogP contribution in [0, 0.1) is 17.6 Å². The first-order valence-corrected chi connectivity index (χ1v) is 11.1. The summed E-state index contributed by atoms with van der Waals surface area (Å²) < 4.78 is 29.9. The van der Waals surface area contributed by atoms with E-state index in [-0.39, 0.29) is 40.3 Å². The monoisotopic (exact) mass is 478 g/mol. The smallest absolute Gasteiger partial charge is 0.298 e. The lowest BCUT2D eigenvalue weighted by molar-refractivity contribution is -0.121. The molecule has 2 N–H and O–H groups in total. The van der Waals surface area contributed by atoms with Crippen LogP contribution in [0.1, 0.15) is 35.2 Å². The van der Waals surface area contributed by atoms with Gasteiger partial charge in [-0.15, -0.1) is 0 Å². The number of Topliss-reactive ketones (excluding diaryl/α,β-unsaturated/α-hetero) is 1. The Balaban J connectivity index is 1.41. The Kier molecular flexibility index (Phi) is 5.64. The van der Waals surface area contributed by atoms with E-state index in [9.17, 15) is 28.0 Å². The Labute approximate surface area is 197 Å². The van der Waals surface area contributed by atoms with Crippen LogP contribution in [0.25, 0.3) is 10.9 Å². The van der Waals surface area contributed by atoms with Crippen molar-refractivity contribution in [3.63, 3.8) is 0 Å². The lowest BCUT2D eigenvalue weighted by atomic mass is 9.80. The van der Waals surface area contributed by atoms with E-state index in [4.69, 9.17) is 0 Å². The van der Waals surface area contributed by atoms with Gasteiger partial charge in [0.1, 0.15) is 11.6 Å². The van der Waals surface area contributed by atoms with Crippen molar-refractivity contribution in [1.82, 2.24) is 20.0 Å². The molecule has 35 heavy (non-hydrogen) atoms. The number of halogens is 2. The van der Waals surface area contributed by atoms with E-state index in [1.807, 2.05) is 4.98 Å². The topological polar surface area (TPSA) is 104 Å². The molecular formula is C25H20F2N4O4. The number of hydrazine groups is 1. The molecule has 1 amide bonds. The molecule has 1 fully saturated rings. The number of hydrogen-bond acceptors (Lipinski definition) is 5. The number of nitrogens with zero attached hydrogens (tertiary/aromatic N) is 2. The fourth-order valence-corrected chi connectivity index (χ4v) is 4.17. The van der Waals surface area contributed by atoms with E-state index < -0.39 is 28.8 Å². The molecule has 178 valence electrons. The predicted octanol–water partition coefficient (Wildman–Crippen LogP) is 2.74. The van der Waals surface area contributed by atoms with Crippen LogP contribution in [0.5, 0.6) is 0 Å². The van der Waals surface area contributed by atoms with Crippen LogP contribution in [-0.4, -0.2) is 26.3 Å². The van der Waals surface area contributed by atoms with Crippen LogP contribution in [0.2, 0.25) is 0 Å². The maximum absolute atomic E-state index is 14.6. The number of benzene rings is 2. The summed E-state index contributed by atoms with van der Waals surface area (Å²) in [6.07, 6.45) is 7.22. The van der Waals surface area contributed by atoms with Gasteiger partial charge in [-0.3, -0.25) is 29.4 Å². The molecular weight excluding hydrogens is 458 g/mol. The summed E-state index contributed by atoms with van der Waals surface area (Å²) in [5.74, 6) is -1.95. The standard InChI is InChI=1S/C25H20F2N4O4/c26-18-8-7-15(24(34)31-10-9-16(12-28-31)22(32)14-3-1-4-14)11-17(18)13-30-20-6-2-5-19(27)21(20)23(33)29-25(30)35/h2,5-12,14,28H,1,3-4,13H2,(H,29,33,35). The van der Waals surface area contributed by atoms with E-state index >= 15 is 0 Å². The number of aromatic amines is 1. The summed E-state index contributed by atoms with van der Waals surface area (Å²) in [5, 5.41) is 0.840.